The molecule has 0 saturated heterocycles. The van der Waals surface area contributed by atoms with Gasteiger partial charge in [-0.25, -0.2) is 4.79 Å². The lowest BCUT2D eigenvalue weighted by atomic mass is 10.1. The molecule has 0 saturated carbocycles. The second-order valence-electron chi connectivity index (χ2n) is 6.69. The van der Waals surface area contributed by atoms with Crippen molar-refractivity contribution >= 4 is 23.5 Å². The summed E-state index contributed by atoms with van der Waals surface area (Å²) in [6.07, 6.45) is 0. The number of ether oxygens (including phenoxy) is 1. The third-order valence-electron chi connectivity index (χ3n) is 4.35. The highest BCUT2D eigenvalue weighted by Crippen LogP contribution is 2.18. The maximum Gasteiger partial charge on any atom is 0.339 e. The van der Waals surface area contributed by atoms with Crippen molar-refractivity contribution < 1.29 is 19.1 Å². The molecule has 0 unspecified atom stereocenters. The molecule has 0 fully saturated rings. The van der Waals surface area contributed by atoms with Gasteiger partial charge < -0.3 is 14.5 Å². The lowest BCUT2D eigenvalue weighted by Crippen LogP contribution is -2.36. The van der Waals surface area contributed by atoms with E-state index in [9.17, 15) is 14.4 Å². The van der Waals surface area contributed by atoms with E-state index in [1.807, 2.05) is 32.0 Å². The Bertz CT molecular complexity index is 893. The number of hydrogen-bond acceptors (Lipinski definition) is 4. The Morgan fingerprint density at radius 2 is 1.55 bits per heavy atom. The number of carbonyl (C=O) groups is 3. The molecule has 0 spiro atoms. The van der Waals surface area contributed by atoms with Crippen LogP contribution in [-0.4, -0.2) is 49.4 Å². The maximum atomic E-state index is 12.9. The Hall–Kier alpha value is -3.41. The Labute approximate surface area is 171 Å². The van der Waals surface area contributed by atoms with Crippen molar-refractivity contribution in [1.29, 1.82) is 0 Å². The van der Waals surface area contributed by atoms with E-state index in [1.165, 1.54) is 11.0 Å². The molecule has 0 bridgehead atoms. The summed E-state index contributed by atoms with van der Waals surface area (Å²) in [4.78, 5) is 40.8. The monoisotopic (exact) mass is 394 g/mol. The average Bonchev–Trinajstić information content (AvgIpc) is 2.74. The summed E-state index contributed by atoms with van der Waals surface area (Å²) in [6, 6.07) is 15.5. The molecule has 0 atom stereocenters. The molecule has 0 N–H and O–H groups in total. The van der Waals surface area contributed by atoms with Gasteiger partial charge in [-0.1, -0.05) is 42.5 Å². The van der Waals surface area contributed by atoms with E-state index >= 15 is 0 Å². The number of hydrogen-bond donors (Lipinski definition) is 0. The van der Waals surface area contributed by atoms with Crippen molar-refractivity contribution in [3.8, 4) is 0 Å². The van der Waals surface area contributed by atoms with Crippen LogP contribution in [0.4, 0.5) is 5.69 Å². The first-order chi connectivity index (χ1) is 13.8. The summed E-state index contributed by atoms with van der Waals surface area (Å²) in [5.41, 5.74) is 1.88. The van der Waals surface area contributed by atoms with Crippen molar-refractivity contribution in [2.24, 2.45) is 0 Å². The number of nitrogens with zero attached hydrogens (tertiary/aromatic N) is 2. The van der Waals surface area contributed by atoms with Gasteiger partial charge in [-0.2, -0.15) is 0 Å². The molecule has 6 heteroatoms. The summed E-state index contributed by atoms with van der Waals surface area (Å²) in [6.45, 7) is 7.97. The van der Waals surface area contributed by atoms with Crippen LogP contribution in [0.15, 0.2) is 66.7 Å². The van der Waals surface area contributed by atoms with Crippen molar-refractivity contribution in [2.75, 3.05) is 31.6 Å². The van der Waals surface area contributed by atoms with Gasteiger partial charge in [0, 0.05) is 25.8 Å². The maximum absolute atomic E-state index is 12.9. The van der Waals surface area contributed by atoms with Gasteiger partial charge in [0.25, 0.3) is 11.8 Å². The summed E-state index contributed by atoms with van der Waals surface area (Å²) in [7, 11) is 1.64. The Balaban J connectivity index is 2.13. The molecular formula is C23H26N2O4. The van der Waals surface area contributed by atoms with Gasteiger partial charge >= 0.3 is 5.97 Å². The molecule has 2 rings (SSSR count). The van der Waals surface area contributed by atoms with Crippen LogP contribution < -0.4 is 4.90 Å². The summed E-state index contributed by atoms with van der Waals surface area (Å²) in [5, 5.41) is 0. The summed E-state index contributed by atoms with van der Waals surface area (Å²) >= 11 is 0. The summed E-state index contributed by atoms with van der Waals surface area (Å²) in [5.74, 6) is -1.36. The number of likely N-dealkylation sites (N-methyl/N-ethyl adjacent to an activating group) is 1. The molecule has 2 aromatic rings. The molecule has 0 aliphatic rings. The van der Waals surface area contributed by atoms with Crippen molar-refractivity contribution in [3.05, 3.63) is 77.9 Å². The van der Waals surface area contributed by atoms with Gasteiger partial charge in [0.1, 0.15) is 0 Å². The van der Waals surface area contributed by atoms with Crippen LogP contribution >= 0.6 is 0 Å². The fourth-order valence-corrected chi connectivity index (χ4v) is 2.80. The van der Waals surface area contributed by atoms with Crippen LogP contribution in [-0.2, 0) is 9.53 Å². The third-order valence-corrected chi connectivity index (χ3v) is 4.35. The highest BCUT2D eigenvalue weighted by molar-refractivity contribution is 6.12. The molecule has 2 amide bonds. The predicted molar refractivity (Wildman–Crippen MR) is 113 cm³/mol. The molecule has 0 aliphatic heterocycles. The fourth-order valence-electron chi connectivity index (χ4n) is 2.80. The second kappa shape index (κ2) is 10.2. The lowest BCUT2D eigenvalue weighted by molar-refractivity contribution is -0.133. The van der Waals surface area contributed by atoms with Crippen LogP contribution in [0.2, 0.25) is 0 Å². The van der Waals surface area contributed by atoms with Crippen LogP contribution in [0.3, 0.4) is 0 Å². The zero-order chi connectivity index (χ0) is 21.4. The Kier molecular flexibility index (Phi) is 7.71. The second-order valence-corrected chi connectivity index (χ2v) is 6.69. The van der Waals surface area contributed by atoms with Crippen molar-refractivity contribution in [2.45, 2.75) is 13.8 Å². The Morgan fingerprint density at radius 3 is 2.14 bits per heavy atom. The van der Waals surface area contributed by atoms with E-state index in [-0.39, 0.29) is 22.9 Å². The van der Waals surface area contributed by atoms with E-state index in [2.05, 4.69) is 6.58 Å². The van der Waals surface area contributed by atoms with E-state index < -0.39 is 12.6 Å². The molecule has 6 nitrogen and oxygen atoms in total. The smallest absolute Gasteiger partial charge is 0.339 e. The molecule has 0 heterocycles. The topological polar surface area (TPSA) is 66.9 Å². The lowest BCUT2D eigenvalue weighted by Gasteiger charge is -2.21. The number of anilines is 1. The third kappa shape index (κ3) is 5.78. The average molecular weight is 394 g/mol. The molecule has 0 radical (unpaired) electrons. The van der Waals surface area contributed by atoms with Gasteiger partial charge in [0.2, 0.25) is 0 Å². The van der Waals surface area contributed by atoms with Gasteiger partial charge in [-0.3, -0.25) is 9.59 Å². The molecule has 0 aromatic heterocycles. The fraction of sp³-hybridized carbons (Fsp3) is 0.261. The highest BCUT2D eigenvalue weighted by atomic mass is 16.5. The number of amides is 2. The Morgan fingerprint density at radius 1 is 0.966 bits per heavy atom. The van der Waals surface area contributed by atoms with E-state index in [4.69, 9.17) is 4.74 Å². The van der Waals surface area contributed by atoms with Gasteiger partial charge in [-0.15, -0.1) is 0 Å². The van der Waals surface area contributed by atoms with Crippen molar-refractivity contribution in [3.63, 3.8) is 0 Å². The first-order valence-corrected chi connectivity index (χ1v) is 9.36. The SMILES string of the molecule is C=C(C)CN(CC)C(=O)COC(=O)c1ccccc1C(=O)N(C)c1ccccc1. The number of esters is 1. The number of benzene rings is 2. The molecule has 2 aromatic carbocycles. The van der Waals surface area contributed by atoms with E-state index in [0.717, 1.165) is 5.57 Å². The first-order valence-electron chi connectivity index (χ1n) is 9.36. The minimum Gasteiger partial charge on any atom is -0.452 e. The molecule has 29 heavy (non-hydrogen) atoms. The minimum atomic E-state index is -0.713. The highest BCUT2D eigenvalue weighted by Gasteiger charge is 2.22. The van der Waals surface area contributed by atoms with Gasteiger partial charge in [-0.05, 0) is 38.1 Å². The molecule has 152 valence electrons. The van der Waals surface area contributed by atoms with Crippen LogP contribution in [0.5, 0.6) is 0 Å². The van der Waals surface area contributed by atoms with Crippen LogP contribution in [0.1, 0.15) is 34.6 Å². The van der Waals surface area contributed by atoms with Gasteiger partial charge in [0.15, 0.2) is 6.61 Å². The van der Waals surface area contributed by atoms with Gasteiger partial charge in [0.05, 0.1) is 11.1 Å². The first kappa shape index (κ1) is 21.9. The van der Waals surface area contributed by atoms with Crippen LogP contribution in [0, 0.1) is 0 Å². The number of para-hydroxylation sites is 1. The molecule has 0 aliphatic carbocycles. The zero-order valence-electron chi connectivity index (χ0n) is 17.1. The minimum absolute atomic E-state index is 0.121. The standard InChI is InChI=1S/C23H26N2O4/c1-5-25(15-17(2)3)21(26)16-29-23(28)20-14-10-9-13-19(20)22(27)24(4)18-11-7-6-8-12-18/h6-14H,2,5,15-16H2,1,3-4H3. The van der Waals surface area contributed by atoms with Crippen molar-refractivity contribution in [1.82, 2.24) is 4.90 Å². The number of rotatable bonds is 8. The largest absolute Gasteiger partial charge is 0.452 e. The van der Waals surface area contributed by atoms with E-state index in [1.54, 1.807) is 42.3 Å². The molecular weight excluding hydrogens is 368 g/mol. The predicted octanol–water partition coefficient (Wildman–Crippen LogP) is 3.54. The zero-order valence-corrected chi connectivity index (χ0v) is 17.1. The normalized spacial score (nSPS) is 10.2. The van der Waals surface area contributed by atoms with E-state index in [0.29, 0.717) is 18.8 Å². The van der Waals surface area contributed by atoms with Crippen LogP contribution in [0.25, 0.3) is 0 Å². The quantitative estimate of drug-likeness (QED) is 0.507. The number of carbonyl (C=O) groups excluding carboxylic acids is 3. The summed E-state index contributed by atoms with van der Waals surface area (Å²) < 4.78 is 5.20.